The van der Waals surface area contributed by atoms with Crippen LogP contribution in [0.4, 0.5) is 5.82 Å². The van der Waals surface area contributed by atoms with Crippen LogP contribution < -0.4 is 10.9 Å². The van der Waals surface area contributed by atoms with Gasteiger partial charge in [0.25, 0.3) is 11.5 Å². The van der Waals surface area contributed by atoms with Crippen LogP contribution in [0, 0.1) is 0 Å². The summed E-state index contributed by atoms with van der Waals surface area (Å²) in [4.78, 5) is 29.2. The molecule has 0 spiro atoms. The van der Waals surface area contributed by atoms with Gasteiger partial charge in [0.1, 0.15) is 5.56 Å². The number of hydrogen-bond acceptors (Lipinski definition) is 4. The molecule has 0 saturated carbocycles. The summed E-state index contributed by atoms with van der Waals surface area (Å²) < 4.78 is 0. The zero-order valence-electron chi connectivity index (χ0n) is 8.68. The minimum absolute atomic E-state index is 0.0146. The molecule has 6 nitrogen and oxygen atoms in total. The Morgan fingerprint density at radius 1 is 1.35 bits per heavy atom. The highest BCUT2D eigenvalue weighted by atomic mass is 16.3. The number of carbonyl (C=O) groups is 1. The fraction of sp³-hybridized carbons (Fsp3) is 0. The lowest BCUT2D eigenvalue weighted by molar-refractivity contribution is 0.102. The van der Waals surface area contributed by atoms with E-state index in [-0.39, 0.29) is 17.1 Å². The van der Waals surface area contributed by atoms with Crippen LogP contribution in [0.2, 0.25) is 0 Å². The minimum atomic E-state index is -0.624. The van der Waals surface area contributed by atoms with Crippen LogP contribution in [-0.4, -0.2) is 21.0 Å². The van der Waals surface area contributed by atoms with Gasteiger partial charge in [0.15, 0.2) is 11.6 Å². The summed E-state index contributed by atoms with van der Waals surface area (Å²) in [6, 6.07) is 5.83. The number of aromatic hydroxyl groups is 1. The van der Waals surface area contributed by atoms with E-state index in [9.17, 15) is 14.7 Å². The Labute approximate surface area is 96.0 Å². The first-order chi connectivity index (χ1) is 8.18. The van der Waals surface area contributed by atoms with Crippen LogP contribution >= 0.6 is 0 Å². The molecule has 0 aliphatic carbocycles. The van der Waals surface area contributed by atoms with E-state index in [4.69, 9.17) is 0 Å². The van der Waals surface area contributed by atoms with Crippen LogP contribution in [0.3, 0.4) is 0 Å². The highest BCUT2D eigenvalue weighted by molar-refractivity contribution is 6.04. The van der Waals surface area contributed by atoms with Crippen molar-refractivity contribution in [3.05, 3.63) is 52.6 Å². The van der Waals surface area contributed by atoms with Crippen LogP contribution in [0.15, 0.2) is 41.5 Å². The largest absolute Gasteiger partial charge is 0.504 e. The van der Waals surface area contributed by atoms with E-state index < -0.39 is 11.5 Å². The average Bonchev–Trinajstić information content (AvgIpc) is 2.32. The van der Waals surface area contributed by atoms with E-state index in [1.807, 2.05) is 0 Å². The number of aromatic amines is 1. The Bertz CT molecular complexity index is 607. The van der Waals surface area contributed by atoms with E-state index in [1.165, 1.54) is 36.7 Å². The van der Waals surface area contributed by atoms with E-state index >= 15 is 0 Å². The molecule has 0 fully saturated rings. The van der Waals surface area contributed by atoms with Gasteiger partial charge >= 0.3 is 0 Å². The van der Waals surface area contributed by atoms with Crippen molar-refractivity contribution in [3.63, 3.8) is 0 Å². The first-order valence-corrected chi connectivity index (χ1v) is 4.81. The van der Waals surface area contributed by atoms with Gasteiger partial charge < -0.3 is 15.4 Å². The maximum atomic E-state index is 11.7. The molecule has 0 aliphatic rings. The van der Waals surface area contributed by atoms with Crippen molar-refractivity contribution >= 4 is 11.7 Å². The number of nitrogens with zero attached hydrogens (tertiary/aromatic N) is 1. The van der Waals surface area contributed by atoms with Crippen molar-refractivity contribution in [2.75, 3.05) is 5.32 Å². The molecule has 2 aromatic heterocycles. The molecule has 0 atom stereocenters. The molecule has 3 N–H and O–H groups in total. The van der Waals surface area contributed by atoms with Gasteiger partial charge in [-0.2, -0.15) is 0 Å². The summed E-state index contributed by atoms with van der Waals surface area (Å²) in [5.41, 5.74) is -0.544. The third kappa shape index (κ3) is 2.31. The number of rotatable bonds is 2. The lowest BCUT2D eigenvalue weighted by Gasteiger charge is -2.04. The minimum Gasteiger partial charge on any atom is -0.504 e. The zero-order valence-corrected chi connectivity index (χ0v) is 8.68. The SMILES string of the molecule is O=C(Nc1ncccc1O)c1ccc[nH]c1=O. The molecule has 6 heteroatoms. The molecule has 1 amide bonds. The van der Waals surface area contributed by atoms with Crippen molar-refractivity contribution in [3.8, 4) is 5.75 Å². The first-order valence-electron chi connectivity index (χ1n) is 4.81. The van der Waals surface area contributed by atoms with E-state index in [1.54, 1.807) is 0 Å². The Morgan fingerprint density at radius 2 is 2.18 bits per heavy atom. The number of aromatic nitrogens is 2. The second kappa shape index (κ2) is 4.48. The summed E-state index contributed by atoms with van der Waals surface area (Å²) >= 11 is 0. The van der Waals surface area contributed by atoms with Crippen LogP contribution in [-0.2, 0) is 0 Å². The third-order valence-electron chi connectivity index (χ3n) is 2.08. The van der Waals surface area contributed by atoms with E-state index in [0.29, 0.717) is 0 Å². The fourth-order valence-electron chi connectivity index (χ4n) is 1.27. The third-order valence-corrected chi connectivity index (χ3v) is 2.08. The summed E-state index contributed by atoms with van der Waals surface area (Å²) in [5, 5.41) is 11.8. The predicted molar refractivity (Wildman–Crippen MR) is 60.9 cm³/mol. The monoisotopic (exact) mass is 231 g/mol. The second-order valence-electron chi connectivity index (χ2n) is 3.24. The Kier molecular flexibility index (Phi) is 2.87. The Balaban J connectivity index is 2.27. The molecule has 0 aromatic carbocycles. The molecule has 86 valence electrons. The van der Waals surface area contributed by atoms with Crippen LogP contribution in [0.1, 0.15) is 10.4 Å². The highest BCUT2D eigenvalue weighted by Crippen LogP contribution is 2.18. The number of anilines is 1. The molecule has 0 saturated heterocycles. The number of hydrogen-bond donors (Lipinski definition) is 3. The second-order valence-corrected chi connectivity index (χ2v) is 3.24. The Hall–Kier alpha value is -2.63. The molecule has 2 aromatic rings. The normalized spacial score (nSPS) is 9.88. The van der Waals surface area contributed by atoms with Gasteiger partial charge in [-0.3, -0.25) is 9.59 Å². The number of nitrogens with one attached hydrogen (secondary N) is 2. The molecule has 0 aliphatic heterocycles. The number of H-pyrrole nitrogens is 1. The highest BCUT2D eigenvalue weighted by Gasteiger charge is 2.12. The lowest BCUT2D eigenvalue weighted by Crippen LogP contribution is -2.22. The zero-order chi connectivity index (χ0) is 12.3. The Morgan fingerprint density at radius 3 is 2.88 bits per heavy atom. The number of amides is 1. The summed E-state index contributed by atoms with van der Waals surface area (Å²) in [6.07, 6.45) is 2.85. The molecule has 0 radical (unpaired) electrons. The maximum absolute atomic E-state index is 11.7. The average molecular weight is 231 g/mol. The standard InChI is InChI=1S/C11H9N3O3/c15-8-4-2-5-12-9(8)14-11(17)7-3-1-6-13-10(7)16/h1-6,15H,(H,13,16)(H,12,14,17). The molecule has 2 heterocycles. The van der Waals surface area contributed by atoms with Gasteiger partial charge in [-0.1, -0.05) is 0 Å². The molecule has 2 rings (SSSR count). The summed E-state index contributed by atoms with van der Waals surface area (Å²) in [6.45, 7) is 0. The van der Waals surface area contributed by atoms with Gasteiger partial charge in [0.2, 0.25) is 0 Å². The van der Waals surface area contributed by atoms with E-state index in [2.05, 4.69) is 15.3 Å². The molecular weight excluding hydrogens is 222 g/mol. The predicted octanol–water partition coefficient (Wildman–Crippen LogP) is 0.728. The van der Waals surface area contributed by atoms with Crippen LogP contribution in [0.25, 0.3) is 0 Å². The van der Waals surface area contributed by atoms with Gasteiger partial charge in [-0.15, -0.1) is 0 Å². The first kappa shape index (κ1) is 10.9. The fourth-order valence-corrected chi connectivity index (χ4v) is 1.27. The quantitative estimate of drug-likeness (QED) is 0.709. The van der Waals surface area contributed by atoms with Gasteiger partial charge in [-0.25, -0.2) is 4.98 Å². The summed E-state index contributed by atoms with van der Waals surface area (Å²) in [5.74, 6) is -0.769. The van der Waals surface area contributed by atoms with Crippen molar-refractivity contribution in [1.29, 1.82) is 0 Å². The number of pyridine rings is 2. The molecule has 0 bridgehead atoms. The molecule has 0 unspecified atom stereocenters. The summed E-state index contributed by atoms with van der Waals surface area (Å²) in [7, 11) is 0. The molecule has 17 heavy (non-hydrogen) atoms. The van der Waals surface area contributed by atoms with Crippen molar-refractivity contribution in [2.24, 2.45) is 0 Å². The smallest absolute Gasteiger partial charge is 0.262 e. The maximum Gasteiger partial charge on any atom is 0.262 e. The van der Waals surface area contributed by atoms with Crippen molar-refractivity contribution in [2.45, 2.75) is 0 Å². The molecular formula is C11H9N3O3. The van der Waals surface area contributed by atoms with Gasteiger partial charge in [0, 0.05) is 12.4 Å². The lowest BCUT2D eigenvalue weighted by atomic mass is 10.2. The van der Waals surface area contributed by atoms with Gasteiger partial charge in [0.05, 0.1) is 0 Å². The van der Waals surface area contributed by atoms with Crippen molar-refractivity contribution in [1.82, 2.24) is 9.97 Å². The van der Waals surface area contributed by atoms with E-state index in [0.717, 1.165) is 0 Å². The van der Waals surface area contributed by atoms with Gasteiger partial charge in [-0.05, 0) is 24.3 Å². The number of carbonyl (C=O) groups excluding carboxylic acids is 1. The topological polar surface area (TPSA) is 95.1 Å². The van der Waals surface area contributed by atoms with Crippen LogP contribution in [0.5, 0.6) is 5.75 Å². The van der Waals surface area contributed by atoms with Crippen molar-refractivity contribution < 1.29 is 9.90 Å².